The van der Waals surface area contributed by atoms with Gasteiger partial charge in [-0.05, 0) is 43.7 Å². The summed E-state index contributed by atoms with van der Waals surface area (Å²) in [5.41, 5.74) is 2.59. The van der Waals surface area contributed by atoms with Crippen LogP contribution in [0.4, 0.5) is 5.69 Å². The summed E-state index contributed by atoms with van der Waals surface area (Å²) in [6.07, 6.45) is 3.17. The number of aryl methyl sites for hydroxylation is 1. The molecule has 19 heavy (non-hydrogen) atoms. The van der Waals surface area contributed by atoms with E-state index in [2.05, 4.69) is 56.9 Å². The van der Waals surface area contributed by atoms with Gasteiger partial charge in [-0.15, -0.1) is 0 Å². The van der Waals surface area contributed by atoms with Gasteiger partial charge in [0.2, 0.25) is 0 Å². The Morgan fingerprint density at radius 3 is 2.63 bits per heavy atom. The Kier molecular flexibility index (Phi) is 4.19. The predicted octanol–water partition coefficient (Wildman–Crippen LogP) is 3.76. The van der Waals surface area contributed by atoms with Crippen molar-refractivity contribution in [2.75, 3.05) is 11.4 Å². The molecular formula is C17H27NO. The van der Waals surface area contributed by atoms with Gasteiger partial charge < -0.3 is 10.0 Å². The van der Waals surface area contributed by atoms with Gasteiger partial charge >= 0.3 is 0 Å². The molecule has 1 fully saturated rings. The Bertz CT molecular complexity index is 427. The number of para-hydroxylation sites is 1. The first-order valence-electron chi connectivity index (χ1n) is 7.47. The van der Waals surface area contributed by atoms with Crippen molar-refractivity contribution in [3.05, 3.63) is 29.8 Å². The fourth-order valence-corrected chi connectivity index (χ4v) is 3.39. The van der Waals surface area contributed by atoms with Crippen LogP contribution in [0.25, 0.3) is 0 Å². The topological polar surface area (TPSA) is 23.5 Å². The van der Waals surface area contributed by atoms with E-state index in [1.54, 1.807) is 0 Å². The van der Waals surface area contributed by atoms with Gasteiger partial charge in [0, 0.05) is 12.2 Å². The molecule has 0 bridgehead atoms. The standard InChI is InChI=1S/C17H27NO/c1-5-18(14-10-7-6-9-13(14)2)15-11-8-12-17(3,4)16(15)19/h6-7,9-10,15-16,19H,5,8,11-12H2,1-4H3. The lowest BCUT2D eigenvalue weighted by Crippen LogP contribution is -2.52. The molecule has 1 aliphatic rings. The van der Waals surface area contributed by atoms with Crippen LogP contribution in [0.15, 0.2) is 24.3 Å². The molecule has 1 aliphatic carbocycles. The molecule has 0 heterocycles. The van der Waals surface area contributed by atoms with Gasteiger partial charge in [0.05, 0.1) is 12.1 Å². The highest BCUT2D eigenvalue weighted by atomic mass is 16.3. The normalized spacial score (nSPS) is 26.2. The summed E-state index contributed by atoms with van der Waals surface area (Å²) in [4.78, 5) is 2.39. The molecule has 0 saturated heterocycles. The van der Waals surface area contributed by atoms with Gasteiger partial charge in [0.15, 0.2) is 0 Å². The fraction of sp³-hybridized carbons (Fsp3) is 0.647. The van der Waals surface area contributed by atoms with Crippen LogP contribution in [-0.4, -0.2) is 23.8 Å². The van der Waals surface area contributed by atoms with Crippen LogP contribution >= 0.6 is 0 Å². The molecule has 2 rings (SSSR count). The summed E-state index contributed by atoms with van der Waals surface area (Å²) in [7, 11) is 0. The first kappa shape index (κ1) is 14.4. The van der Waals surface area contributed by atoms with Crippen molar-refractivity contribution in [1.29, 1.82) is 0 Å². The van der Waals surface area contributed by atoms with Gasteiger partial charge in [0.1, 0.15) is 0 Å². The van der Waals surface area contributed by atoms with Crippen molar-refractivity contribution in [3.63, 3.8) is 0 Å². The maximum atomic E-state index is 10.7. The van der Waals surface area contributed by atoms with Gasteiger partial charge in [-0.1, -0.05) is 38.5 Å². The van der Waals surface area contributed by atoms with E-state index >= 15 is 0 Å². The predicted molar refractivity (Wildman–Crippen MR) is 81.6 cm³/mol. The molecule has 1 N–H and O–H groups in total. The second kappa shape index (κ2) is 5.54. The van der Waals surface area contributed by atoms with E-state index < -0.39 is 0 Å². The Hall–Kier alpha value is -1.02. The molecule has 2 unspecified atom stereocenters. The third kappa shape index (κ3) is 2.79. The van der Waals surface area contributed by atoms with E-state index in [1.165, 1.54) is 17.7 Å². The molecule has 1 saturated carbocycles. The molecule has 0 amide bonds. The van der Waals surface area contributed by atoms with E-state index in [0.29, 0.717) is 0 Å². The molecule has 0 aliphatic heterocycles. The van der Waals surface area contributed by atoms with Gasteiger partial charge in [-0.25, -0.2) is 0 Å². The van der Waals surface area contributed by atoms with Gasteiger partial charge in [0.25, 0.3) is 0 Å². The number of anilines is 1. The van der Waals surface area contributed by atoms with Crippen LogP contribution in [0.5, 0.6) is 0 Å². The molecule has 106 valence electrons. The van der Waals surface area contributed by atoms with Crippen LogP contribution in [-0.2, 0) is 0 Å². The maximum absolute atomic E-state index is 10.7. The van der Waals surface area contributed by atoms with E-state index in [-0.39, 0.29) is 17.6 Å². The lowest BCUT2D eigenvalue weighted by molar-refractivity contribution is -0.00449. The van der Waals surface area contributed by atoms with Crippen LogP contribution in [0.2, 0.25) is 0 Å². The summed E-state index contributed by atoms with van der Waals surface area (Å²) in [5, 5.41) is 10.7. The SMILES string of the molecule is CCN(c1ccccc1C)C1CCCC(C)(C)C1O. The molecule has 0 spiro atoms. The highest BCUT2D eigenvalue weighted by Gasteiger charge is 2.40. The summed E-state index contributed by atoms with van der Waals surface area (Å²) in [6.45, 7) is 9.66. The average molecular weight is 261 g/mol. The lowest BCUT2D eigenvalue weighted by Gasteiger charge is -2.46. The zero-order valence-electron chi connectivity index (χ0n) is 12.7. The van der Waals surface area contributed by atoms with Crippen molar-refractivity contribution < 1.29 is 5.11 Å². The van der Waals surface area contributed by atoms with Crippen molar-refractivity contribution in [2.45, 2.75) is 59.1 Å². The summed E-state index contributed by atoms with van der Waals surface area (Å²) in [5.74, 6) is 0. The first-order valence-corrected chi connectivity index (χ1v) is 7.47. The van der Waals surface area contributed by atoms with Crippen LogP contribution in [0, 0.1) is 12.3 Å². The third-order valence-electron chi connectivity index (χ3n) is 4.65. The monoisotopic (exact) mass is 261 g/mol. The second-order valence-electron chi connectivity index (χ2n) is 6.47. The quantitative estimate of drug-likeness (QED) is 0.895. The van der Waals surface area contributed by atoms with Crippen LogP contribution in [0.3, 0.4) is 0 Å². The van der Waals surface area contributed by atoms with E-state index in [9.17, 15) is 5.11 Å². The Labute approximate surface area is 117 Å². The maximum Gasteiger partial charge on any atom is 0.0794 e. The number of hydrogen-bond donors (Lipinski definition) is 1. The van der Waals surface area contributed by atoms with Gasteiger partial charge in [-0.2, -0.15) is 0 Å². The Balaban J connectivity index is 2.30. The van der Waals surface area contributed by atoms with Crippen molar-refractivity contribution in [3.8, 4) is 0 Å². The molecule has 2 atom stereocenters. The smallest absolute Gasteiger partial charge is 0.0794 e. The largest absolute Gasteiger partial charge is 0.390 e. The molecule has 2 heteroatoms. The number of aliphatic hydroxyl groups is 1. The third-order valence-corrected chi connectivity index (χ3v) is 4.65. The number of benzene rings is 1. The zero-order valence-corrected chi connectivity index (χ0v) is 12.7. The summed E-state index contributed by atoms with van der Waals surface area (Å²) < 4.78 is 0. The molecule has 1 aromatic rings. The number of rotatable bonds is 3. The highest BCUT2D eigenvalue weighted by Crippen LogP contribution is 2.39. The first-order chi connectivity index (χ1) is 8.97. The summed E-state index contributed by atoms with van der Waals surface area (Å²) in [6, 6.07) is 8.74. The second-order valence-corrected chi connectivity index (χ2v) is 6.47. The number of nitrogens with zero attached hydrogens (tertiary/aromatic N) is 1. The van der Waals surface area contributed by atoms with Crippen molar-refractivity contribution in [2.24, 2.45) is 5.41 Å². The highest BCUT2D eigenvalue weighted by molar-refractivity contribution is 5.54. The minimum atomic E-state index is -0.249. The minimum absolute atomic E-state index is 0.0268. The van der Waals surface area contributed by atoms with Crippen molar-refractivity contribution >= 4 is 5.69 Å². The molecule has 0 aromatic heterocycles. The zero-order chi connectivity index (χ0) is 14.0. The van der Waals surface area contributed by atoms with Gasteiger partial charge in [-0.3, -0.25) is 0 Å². The van der Waals surface area contributed by atoms with Crippen LogP contribution in [0.1, 0.15) is 45.6 Å². The molecule has 2 nitrogen and oxygen atoms in total. The fourth-order valence-electron chi connectivity index (χ4n) is 3.39. The van der Waals surface area contributed by atoms with E-state index in [4.69, 9.17) is 0 Å². The Morgan fingerprint density at radius 2 is 2.00 bits per heavy atom. The van der Waals surface area contributed by atoms with E-state index in [0.717, 1.165) is 19.4 Å². The van der Waals surface area contributed by atoms with Crippen molar-refractivity contribution in [1.82, 2.24) is 0 Å². The average Bonchev–Trinajstić information content (AvgIpc) is 2.37. The summed E-state index contributed by atoms with van der Waals surface area (Å²) >= 11 is 0. The van der Waals surface area contributed by atoms with E-state index in [1.807, 2.05) is 0 Å². The number of hydrogen-bond acceptors (Lipinski definition) is 2. The molecule has 0 radical (unpaired) electrons. The number of likely N-dealkylation sites (N-methyl/N-ethyl adjacent to an activating group) is 1. The van der Waals surface area contributed by atoms with Crippen LogP contribution < -0.4 is 4.90 Å². The lowest BCUT2D eigenvalue weighted by atomic mass is 9.72. The Morgan fingerprint density at radius 1 is 1.32 bits per heavy atom. The minimum Gasteiger partial charge on any atom is -0.390 e. The molecule has 1 aromatic carbocycles. The molecular weight excluding hydrogens is 234 g/mol. The number of aliphatic hydroxyl groups excluding tert-OH is 1.